The maximum atomic E-state index is 10.8. The van der Waals surface area contributed by atoms with Gasteiger partial charge in [-0.25, -0.2) is 4.68 Å². The van der Waals surface area contributed by atoms with Crippen LogP contribution < -0.4 is 5.43 Å². The van der Waals surface area contributed by atoms with E-state index in [0.717, 1.165) is 5.69 Å². The van der Waals surface area contributed by atoms with Crippen molar-refractivity contribution in [3.05, 3.63) is 53.2 Å². The average molecular weight is 173 g/mol. The smallest absolute Gasteiger partial charge is 0.200 e. The number of hydrogen-bond donors (Lipinski definition) is 0. The van der Waals surface area contributed by atoms with Crippen molar-refractivity contribution < 1.29 is 0 Å². The van der Waals surface area contributed by atoms with Crippen molar-refractivity contribution in [1.82, 2.24) is 14.8 Å². The van der Waals surface area contributed by atoms with Gasteiger partial charge >= 0.3 is 0 Å². The monoisotopic (exact) mass is 173 g/mol. The second-order valence-electron chi connectivity index (χ2n) is 2.51. The Bertz CT molecular complexity index is 429. The summed E-state index contributed by atoms with van der Waals surface area (Å²) < 4.78 is 1.61. The normalized spacial score (nSPS) is 9.85. The minimum Gasteiger partial charge on any atom is -0.288 e. The largest absolute Gasteiger partial charge is 0.288 e. The van der Waals surface area contributed by atoms with Crippen molar-refractivity contribution in [2.75, 3.05) is 0 Å². The molecule has 2 aromatic rings. The number of aromatic nitrogens is 3. The second-order valence-corrected chi connectivity index (χ2v) is 2.51. The van der Waals surface area contributed by atoms with Crippen LogP contribution in [0.5, 0.6) is 0 Å². The summed E-state index contributed by atoms with van der Waals surface area (Å²) in [6, 6.07) is 5.10. The molecule has 2 aromatic heterocycles. The van der Waals surface area contributed by atoms with Gasteiger partial charge in [-0.2, -0.15) is 5.10 Å². The van der Waals surface area contributed by atoms with Crippen LogP contribution in [0.25, 0.3) is 5.69 Å². The van der Waals surface area contributed by atoms with Gasteiger partial charge in [-0.05, 0) is 12.1 Å². The SMILES string of the molecule is O=c1ccn(-c2ccncc2)nc1. The predicted octanol–water partition coefficient (Wildman–Crippen LogP) is 0.627. The first-order valence-electron chi connectivity index (χ1n) is 3.82. The fourth-order valence-electron chi connectivity index (χ4n) is 0.994. The lowest BCUT2D eigenvalue weighted by Gasteiger charge is -2.01. The lowest BCUT2D eigenvalue weighted by molar-refractivity contribution is 0.834. The van der Waals surface area contributed by atoms with Crippen LogP contribution in [0.15, 0.2) is 47.8 Å². The zero-order valence-electron chi connectivity index (χ0n) is 6.79. The zero-order chi connectivity index (χ0) is 9.10. The van der Waals surface area contributed by atoms with Crippen molar-refractivity contribution in [2.45, 2.75) is 0 Å². The molecular weight excluding hydrogens is 166 g/mol. The van der Waals surface area contributed by atoms with Gasteiger partial charge in [0.1, 0.15) is 0 Å². The molecule has 64 valence electrons. The summed E-state index contributed by atoms with van der Waals surface area (Å²) in [5.74, 6) is 0. The van der Waals surface area contributed by atoms with Crippen molar-refractivity contribution in [2.24, 2.45) is 0 Å². The third-order valence-corrected chi connectivity index (χ3v) is 1.62. The number of rotatable bonds is 1. The molecule has 0 unspecified atom stereocenters. The minimum absolute atomic E-state index is 0.0923. The molecule has 0 bridgehead atoms. The lowest BCUT2D eigenvalue weighted by atomic mass is 10.4. The summed E-state index contributed by atoms with van der Waals surface area (Å²) in [5.41, 5.74) is 0.792. The number of nitrogens with zero attached hydrogens (tertiary/aromatic N) is 3. The topological polar surface area (TPSA) is 47.8 Å². The van der Waals surface area contributed by atoms with E-state index in [1.165, 1.54) is 12.3 Å². The Labute approximate surface area is 74.5 Å². The fourth-order valence-corrected chi connectivity index (χ4v) is 0.994. The molecule has 0 radical (unpaired) electrons. The number of hydrogen-bond acceptors (Lipinski definition) is 3. The van der Waals surface area contributed by atoms with E-state index in [-0.39, 0.29) is 5.43 Å². The molecule has 0 aliphatic heterocycles. The van der Waals surface area contributed by atoms with Gasteiger partial charge in [-0.15, -0.1) is 0 Å². The maximum Gasteiger partial charge on any atom is 0.200 e. The Morgan fingerprint density at radius 2 is 1.92 bits per heavy atom. The molecule has 0 saturated carbocycles. The summed E-state index contributed by atoms with van der Waals surface area (Å²) in [5, 5.41) is 3.92. The third kappa shape index (κ3) is 1.61. The quantitative estimate of drug-likeness (QED) is 0.635. The van der Waals surface area contributed by atoms with E-state index in [1.807, 2.05) is 12.1 Å². The van der Waals surface area contributed by atoms with Gasteiger partial charge in [0.15, 0.2) is 5.43 Å². The minimum atomic E-state index is -0.0923. The molecule has 2 heterocycles. The highest BCUT2D eigenvalue weighted by atomic mass is 16.1. The molecule has 4 heteroatoms. The van der Waals surface area contributed by atoms with Gasteiger partial charge in [0, 0.05) is 24.7 Å². The van der Waals surface area contributed by atoms with E-state index in [0.29, 0.717) is 0 Å². The molecule has 0 amide bonds. The van der Waals surface area contributed by atoms with Crippen LogP contribution in [0.3, 0.4) is 0 Å². The predicted molar refractivity (Wildman–Crippen MR) is 47.6 cm³/mol. The van der Waals surface area contributed by atoms with E-state index in [2.05, 4.69) is 10.1 Å². The molecular formula is C9H7N3O. The summed E-state index contributed by atoms with van der Waals surface area (Å²) in [4.78, 5) is 14.7. The average Bonchev–Trinajstić information content (AvgIpc) is 2.20. The number of pyridine rings is 1. The fraction of sp³-hybridized carbons (Fsp3) is 0. The van der Waals surface area contributed by atoms with Crippen LogP contribution >= 0.6 is 0 Å². The molecule has 0 saturated heterocycles. The first-order chi connectivity index (χ1) is 6.36. The molecule has 0 spiro atoms. The van der Waals surface area contributed by atoms with Crippen LogP contribution in [0.1, 0.15) is 0 Å². The van der Waals surface area contributed by atoms with Gasteiger partial charge in [0.05, 0.1) is 11.9 Å². The van der Waals surface area contributed by atoms with Crippen LogP contribution in [0, 0.1) is 0 Å². The zero-order valence-corrected chi connectivity index (χ0v) is 6.79. The Balaban J connectivity index is 2.48. The highest BCUT2D eigenvalue weighted by molar-refractivity contribution is 5.26. The molecule has 0 N–H and O–H groups in total. The molecule has 0 aliphatic rings. The van der Waals surface area contributed by atoms with Crippen LogP contribution in [0.4, 0.5) is 0 Å². The Hall–Kier alpha value is -1.97. The molecule has 0 atom stereocenters. The highest BCUT2D eigenvalue weighted by Gasteiger charge is 1.92. The molecule has 0 aromatic carbocycles. The van der Waals surface area contributed by atoms with Gasteiger partial charge < -0.3 is 0 Å². The van der Waals surface area contributed by atoms with Crippen molar-refractivity contribution >= 4 is 0 Å². The van der Waals surface area contributed by atoms with Crippen molar-refractivity contribution in [3.8, 4) is 5.69 Å². The molecule has 0 aliphatic carbocycles. The Morgan fingerprint density at radius 3 is 2.54 bits per heavy atom. The molecule has 4 nitrogen and oxygen atoms in total. The molecule has 0 fully saturated rings. The summed E-state index contributed by atoms with van der Waals surface area (Å²) in [7, 11) is 0. The van der Waals surface area contributed by atoms with Gasteiger partial charge in [-0.1, -0.05) is 0 Å². The molecule has 13 heavy (non-hydrogen) atoms. The lowest BCUT2D eigenvalue weighted by Crippen LogP contribution is -2.06. The van der Waals surface area contributed by atoms with Gasteiger partial charge in [0.25, 0.3) is 0 Å². The van der Waals surface area contributed by atoms with E-state index in [9.17, 15) is 4.79 Å². The Morgan fingerprint density at radius 1 is 1.15 bits per heavy atom. The van der Waals surface area contributed by atoms with Crippen LogP contribution in [-0.2, 0) is 0 Å². The van der Waals surface area contributed by atoms with E-state index < -0.39 is 0 Å². The van der Waals surface area contributed by atoms with Crippen molar-refractivity contribution in [1.29, 1.82) is 0 Å². The van der Waals surface area contributed by atoms with Gasteiger partial charge in [0.2, 0.25) is 0 Å². The van der Waals surface area contributed by atoms with Gasteiger partial charge in [-0.3, -0.25) is 9.78 Å². The highest BCUT2D eigenvalue weighted by Crippen LogP contribution is 2.00. The van der Waals surface area contributed by atoms with Crippen LogP contribution in [0.2, 0.25) is 0 Å². The van der Waals surface area contributed by atoms with Crippen molar-refractivity contribution in [3.63, 3.8) is 0 Å². The first kappa shape index (κ1) is 7.67. The second kappa shape index (κ2) is 3.18. The first-order valence-corrected chi connectivity index (χ1v) is 3.82. The summed E-state index contributed by atoms with van der Waals surface area (Å²) in [6.45, 7) is 0. The van der Waals surface area contributed by atoms with Crippen LogP contribution in [-0.4, -0.2) is 14.8 Å². The Kier molecular flexibility index (Phi) is 1.88. The summed E-state index contributed by atoms with van der Waals surface area (Å²) in [6.07, 6.45) is 6.25. The van der Waals surface area contributed by atoms with E-state index in [4.69, 9.17) is 0 Å². The standard InChI is InChI=1S/C9H7N3O/c13-9-3-6-12(11-7-9)8-1-4-10-5-2-8/h1-7H. The van der Waals surface area contributed by atoms with E-state index >= 15 is 0 Å². The summed E-state index contributed by atoms with van der Waals surface area (Å²) >= 11 is 0. The maximum absolute atomic E-state index is 10.8. The third-order valence-electron chi connectivity index (χ3n) is 1.62. The molecule has 2 rings (SSSR count). The van der Waals surface area contributed by atoms with E-state index in [1.54, 1.807) is 23.3 Å².